The maximum Gasteiger partial charge on any atom is 0.287 e. The third kappa shape index (κ3) is 4.87. The van der Waals surface area contributed by atoms with Gasteiger partial charge in [-0.15, -0.1) is 0 Å². The molecule has 1 amide bonds. The Bertz CT molecular complexity index is 1140. The molecule has 1 heterocycles. The smallest absolute Gasteiger partial charge is 0.287 e. The first-order chi connectivity index (χ1) is 14.2. The number of amides is 1. The lowest BCUT2D eigenvalue weighted by atomic mass is 10.1. The SMILES string of the molecule is CN(C)C(CNC(=O)c1ccc(S(=O)(=O)c2ccc(Cl)cc2)o1)c1ccccc1Cl. The summed E-state index contributed by atoms with van der Waals surface area (Å²) in [6.07, 6.45) is 0. The second-order valence-corrected chi connectivity index (χ2v) is 9.51. The zero-order valence-corrected chi connectivity index (χ0v) is 18.6. The van der Waals surface area contributed by atoms with E-state index in [0.29, 0.717) is 10.0 Å². The van der Waals surface area contributed by atoms with Gasteiger partial charge in [0, 0.05) is 16.6 Å². The van der Waals surface area contributed by atoms with Crippen LogP contribution < -0.4 is 5.32 Å². The molecule has 0 fully saturated rings. The molecule has 0 aliphatic heterocycles. The maximum atomic E-state index is 12.7. The molecule has 0 spiro atoms. The van der Waals surface area contributed by atoms with Crippen molar-refractivity contribution in [1.29, 1.82) is 0 Å². The monoisotopic (exact) mass is 466 g/mol. The molecular weight excluding hydrogens is 447 g/mol. The Kier molecular flexibility index (Phi) is 6.88. The summed E-state index contributed by atoms with van der Waals surface area (Å²) < 4.78 is 30.7. The van der Waals surface area contributed by atoms with Gasteiger partial charge in [0.15, 0.2) is 5.76 Å². The number of sulfone groups is 1. The third-order valence-corrected chi connectivity index (χ3v) is 6.78. The highest BCUT2D eigenvalue weighted by molar-refractivity contribution is 7.91. The first-order valence-corrected chi connectivity index (χ1v) is 11.2. The number of nitrogens with one attached hydrogen (secondary N) is 1. The van der Waals surface area contributed by atoms with Gasteiger partial charge in [-0.1, -0.05) is 41.4 Å². The minimum atomic E-state index is -3.89. The van der Waals surface area contributed by atoms with Crippen LogP contribution in [0.5, 0.6) is 0 Å². The van der Waals surface area contributed by atoms with Crippen LogP contribution in [0.2, 0.25) is 10.0 Å². The van der Waals surface area contributed by atoms with Crippen LogP contribution >= 0.6 is 23.2 Å². The van der Waals surface area contributed by atoms with E-state index in [2.05, 4.69) is 5.32 Å². The highest BCUT2D eigenvalue weighted by atomic mass is 35.5. The number of rotatable bonds is 7. The Morgan fingerprint density at radius 1 is 1.03 bits per heavy atom. The molecular formula is C21H20Cl2N2O4S. The van der Waals surface area contributed by atoms with E-state index in [1.807, 2.05) is 37.2 Å². The highest BCUT2D eigenvalue weighted by Crippen LogP contribution is 2.26. The number of carbonyl (C=O) groups excluding carboxylic acids is 1. The van der Waals surface area contributed by atoms with Gasteiger partial charge in [0.2, 0.25) is 14.9 Å². The molecule has 9 heteroatoms. The summed E-state index contributed by atoms with van der Waals surface area (Å²) in [6.45, 7) is 0.259. The standard InChI is InChI=1S/C21H20Cl2N2O4S/c1-25(2)18(16-5-3-4-6-17(16)23)13-24-21(26)19-11-12-20(29-19)30(27,28)15-9-7-14(22)8-10-15/h3-12,18H,13H2,1-2H3,(H,24,26). The third-order valence-electron chi connectivity index (χ3n) is 4.54. The van der Waals surface area contributed by atoms with Crippen LogP contribution in [0.3, 0.4) is 0 Å². The Morgan fingerprint density at radius 3 is 2.33 bits per heavy atom. The van der Waals surface area contributed by atoms with Crippen molar-refractivity contribution in [1.82, 2.24) is 10.2 Å². The normalized spacial score (nSPS) is 12.7. The second kappa shape index (κ2) is 9.22. The van der Waals surface area contributed by atoms with Crippen molar-refractivity contribution in [2.75, 3.05) is 20.6 Å². The zero-order valence-electron chi connectivity index (χ0n) is 16.3. The molecule has 0 aliphatic rings. The van der Waals surface area contributed by atoms with Gasteiger partial charge >= 0.3 is 0 Å². The van der Waals surface area contributed by atoms with E-state index in [9.17, 15) is 13.2 Å². The van der Waals surface area contributed by atoms with Crippen LogP contribution in [0.4, 0.5) is 0 Å². The average Bonchev–Trinajstić information content (AvgIpc) is 3.20. The van der Waals surface area contributed by atoms with Crippen molar-refractivity contribution in [3.05, 3.63) is 82.0 Å². The van der Waals surface area contributed by atoms with Crippen LogP contribution in [-0.4, -0.2) is 39.9 Å². The molecule has 1 N–H and O–H groups in total. The molecule has 1 atom stereocenters. The molecule has 30 heavy (non-hydrogen) atoms. The minimum Gasteiger partial charge on any atom is -0.439 e. The minimum absolute atomic E-state index is 0.0274. The van der Waals surface area contributed by atoms with Crippen LogP contribution in [0.1, 0.15) is 22.2 Å². The molecule has 0 radical (unpaired) electrons. The first kappa shape index (κ1) is 22.4. The van der Waals surface area contributed by atoms with E-state index in [1.165, 1.54) is 36.4 Å². The molecule has 0 aliphatic carbocycles. The Labute approximate surface area is 185 Å². The largest absolute Gasteiger partial charge is 0.439 e. The molecule has 6 nitrogen and oxygen atoms in total. The first-order valence-electron chi connectivity index (χ1n) is 8.99. The van der Waals surface area contributed by atoms with Gasteiger partial charge in [-0.05, 0) is 62.1 Å². The number of benzene rings is 2. The summed E-state index contributed by atoms with van der Waals surface area (Å²) in [5, 5.41) is 3.47. The Hall–Kier alpha value is -2.32. The van der Waals surface area contributed by atoms with Crippen LogP contribution in [0.25, 0.3) is 0 Å². The van der Waals surface area contributed by atoms with E-state index < -0.39 is 15.7 Å². The van der Waals surface area contributed by atoms with Gasteiger partial charge in [-0.3, -0.25) is 4.79 Å². The van der Waals surface area contributed by atoms with E-state index in [4.69, 9.17) is 27.6 Å². The van der Waals surface area contributed by atoms with E-state index >= 15 is 0 Å². The Balaban J connectivity index is 1.75. The maximum absolute atomic E-state index is 12.7. The predicted molar refractivity (Wildman–Crippen MR) is 116 cm³/mol. The number of likely N-dealkylation sites (N-methyl/N-ethyl adjacent to an activating group) is 1. The molecule has 158 valence electrons. The lowest BCUT2D eigenvalue weighted by molar-refractivity contribution is 0.0909. The van der Waals surface area contributed by atoms with Crippen LogP contribution in [0.15, 0.2) is 75.1 Å². The van der Waals surface area contributed by atoms with Gasteiger partial charge in [-0.25, -0.2) is 8.42 Å². The number of nitrogens with zero attached hydrogens (tertiary/aromatic N) is 1. The van der Waals surface area contributed by atoms with Gasteiger partial charge in [-0.2, -0.15) is 0 Å². The zero-order chi connectivity index (χ0) is 21.9. The highest BCUT2D eigenvalue weighted by Gasteiger charge is 2.24. The molecule has 1 unspecified atom stereocenters. The lowest BCUT2D eigenvalue weighted by Crippen LogP contribution is -2.34. The Morgan fingerprint density at radius 2 is 1.70 bits per heavy atom. The average molecular weight is 467 g/mol. The van der Waals surface area contributed by atoms with E-state index in [1.54, 1.807) is 6.07 Å². The van der Waals surface area contributed by atoms with Gasteiger partial charge in [0.1, 0.15) is 0 Å². The molecule has 0 saturated heterocycles. The van der Waals surface area contributed by atoms with Crippen LogP contribution in [0, 0.1) is 0 Å². The van der Waals surface area contributed by atoms with Crippen molar-refractivity contribution in [3.63, 3.8) is 0 Å². The van der Waals surface area contributed by atoms with E-state index in [0.717, 1.165) is 5.56 Å². The summed E-state index contributed by atoms with van der Waals surface area (Å²) >= 11 is 12.1. The van der Waals surface area contributed by atoms with Crippen LogP contribution in [-0.2, 0) is 9.84 Å². The molecule has 3 rings (SSSR count). The van der Waals surface area contributed by atoms with Gasteiger partial charge in [0.25, 0.3) is 5.91 Å². The van der Waals surface area contributed by atoms with Crippen molar-refractivity contribution < 1.29 is 17.6 Å². The summed E-state index contributed by atoms with van der Waals surface area (Å²) in [6, 6.07) is 15.5. The number of hydrogen-bond acceptors (Lipinski definition) is 5. The summed E-state index contributed by atoms with van der Waals surface area (Å²) in [7, 11) is -0.135. The second-order valence-electron chi connectivity index (χ2n) is 6.79. The van der Waals surface area contributed by atoms with Crippen molar-refractivity contribution >= 4 is 38.9 Å². The van der Waals surface area contributed by atoms with Crippen molar-refractivity contribution in [2.45, 2.75) is 16.0 Å². The molecule has 1 aromatic heterocycles. The summed E-state index contributed by atoms with van der Waals surface area (Å²) in [5.41, 5.74) is 0.870. The van der Waals surface area contributed by atoms with Crippen molar-refractivity contribution in [2.24, 2.45) is 0 Å². The number of carbonyl (C=O) groups is 1. The fraction of sp³-hybridized carbons (Fsp3) is 0.190. The van der Waals surface area contributed by atoms with Gasteiger partial charge < -0.3 is 14.6 Å². The number of furan rings is 1. The molecule has 3 aromatic rings. The predicted octanol–water partition coefficient (Wildman–Crippen LogP) is 4.45. The topological polar surface area (TPSA) is 79.6 Å². The fourth-order valence-corrected chi connectivity index (χ4v) is 4.47. The molecule has 0 bridgehead atoms. The molecule has 2 aromatic carbocycles. The molecule has 0 saturated carbocycles. The number of halogens is 2. The quantitative estimate of drug-likeness (QED) is 0.556. The van der Waals surface area contributed by atoms with Gasteiger partial charge in [0.05, 0.1) is 10.9 Å². The fourth-order valence-electron chi connectivity index (χ4n) is 2.91. The number of hydrogen-bond donors (Lipinski definition) is 1. The summed E-state index contributed by atoms with van der Waals surface area (Å²) in [4.78, 5) is 14.5. The van der Waals surface area contributed by atoms with E-state index in [-0.39, 0.29) is 28.3 Å². The summed E-state index contributed by atoms with van der Waals surface area (Å²) in [5.74, 6) is -0.620. The lowest BCUT2D eigenvalue weighted by Gasteiger charge is -2.25. The van der Waals surface area contributed by atoms with Crippen molar-refractivity contribution in [3.8, 4) is 0 Å².